The Kier molecular flexibility index (Phi) is 19.7. The van der Waals surface area contributed by atoms with Crippen LogP contribution < -0.4 is 0 Å². The highest BCUT2D eigenvalue weighted by Gasteiger charge is 2.17. The predicted molar refractivity (Wildman–Crippen MR) is 344 cm³/mol. The smallest absolute Gasteiger partial charge is 0.264 e. The molecule has 0 aliphatic carbocycles. The standard InChI is InChI=1S/C17H14N2O2S.3C16H13N3O2S/c1-13-7-9-16(10-8-13)22(20,21)19-12-15-5-2-4-14-6-3-11-18-17(14)15;1-12-7-8-15(18-10-12)22(20,21)19-11-14-5-2-4-13-6-3-9-17-16(13)14;1-12-5-6-16(18-9-12)22(20,21)19-11-14-4-2-3-13-10-17-8-7-15(13)14;1-12-6-7-16(18-8-12)22(20,21)19-11-14-10-17-9-13-4-2-3-5-15(13)14/h2-12H,1H3;3*2-11H,1H3. The van der Waals surface area contributed by atoms with Gasteiger partial charge in [-0.25, -0.2) is 15.0 Å². The molecule has 7 heterocycles. The van der Waals surface area contributed by atoms with Crippen molar-refractivity contribution >= 4 is 108 Å². The van der Waals surface area contributed by atoms with Crippen molar-refractivity contribution in [1.82, 2.24) is 34.9 Å². The van der Waals surface area contributed by atoms with Crippen LogP contribution in [0.2, 0.25) is 0 Å². The SMILES string of the molecule is Cc1ccc(S(=O)(=O)N=Cc2cccc3cccnc23)cc1.Cc1ccc(S(=O)(=O)N=Cc2cccc3cccnc23)nc1.Cc1ccc(S(=O)(=O)N=Cc2cccc3cnccc23)nc1.Cc1ccc(S(=O)(=O)N=Cc2cncc3ccccc23)nc1. The number of aryl methyl sites for hydroxylation is 4. The molecule has 5 aromatic carbocycles. The molecule has 0 bridgehead atoms. The molecule has 0 radical (unpaired) electrons. The highest BCUT2D eigenvalue weighted by molar-refractivity contribution is 7.91. The zero-order valence-electron chi connectivity index (χ0n) is 47.5. The first-order valence-electron chi connectivity index (χ1n) is 26.6. The summed E-state index contributed by atoms with van der Waals surface area (Å²) in [6, 6.07) is 49.6. The third-order valence-electron chi connectivity index (χ3n) is 12.8. The van der Waals surface area contributed by atoms with E-state index in [9.17, 15) is 33.7 Å². The van der Waals surface area contributed by atoms with Gasteiger partial charge in [0.15, 0.2) is 15.1 Å². The Hall–Kier alpha value is -10.3. The summed E-state index contributed by atoms with van der Waals surface area (Å²) in [6.07, 6.45) is 19.9. The van der Waals surface area contributed by atoms with E-state index in [0.29, 0.717) is 22.2 Å². The molecular weight excluding hydrogens is 1190 g/mol. The Balaban J connectivity index is 0.000000140. The molecule has 7 aromatic heterocycles. The summed E-state index contributed by atoms with van der Waals surface area (Å²) in [5.74, 6) is 0. The van der Waals surface area contributed by atoms with Crippen molar-refractivity contribution in [2.45, 2.75) is 47.7 Å². The maximum absolute atomic E-state index is 12.2. The van der Waals surface area contributed by atoms with Gasteiger partial charge in [0.2, 0.25) is 0 Å². The molecule has 0 N–H and O–H groups in total. The molecule has 0 fully saturated rings. The average Bonchev–Trinajstić information content (AvgIpc) is 3.01. The monoisotopic (exact) mass is 1240 g/mol. The van der Waals surface area contributed by atoms with E-state index in [0.717, 1.165) is 65.7 Å². The summed E-state index contributed by atoms with van der Waals surface area (Å²) in [5.41, 5.74) is 7.80. The fraction of sp³-hybridized carbons (Fsp3) is 0.0615. The van der Waals surface area contributed by atoms with E-state index in [4.69, 9.17) is 0 Å². The molecule has 12 aromatic rings. The summed E-state index contributed by atoms with van der Waals surface area (Å²) in [4.78, 5) is 28.6. The molecule has 12 rings (SSSR count). The predicted octanol–water partition coefficient (Wildman–Crippen LogP) is 11.6. The normalized spacial score (nSPS) is 12.0. The largest absolute Gasteiger partial charge is 0.299 e. The van der Waals surface area contributed by atoms with Crippen LogP contribution in [0.1, 0.15) is 44.5 Å². The van der Waals surface area contributed by atoms with Gasteiger partial charge in [-0.15, -0.1) is 0 Å². The maximum Gasteiger partial charge on any atom is 0.299 e. The van der Waals surface area contributed by atoms with Crippen LogP contribution in [0.25, 0.3) is 43.4 Å². The van der Waals surface area contributed by atoms with Crippen LogP contribution in [0.3, 0.4) is 0 Å². The van der Waals surface area contributed by atoms with Crippen molar-refractivity contribution in [3.05, 3.63) is 270 Å². The number of rotatable bonds is 12. The number of para-hydroxylation sites is 2. The lowest BCUT2D eigenvalue weighted by molar-refractivity contribution is 0.592. The minimum absolute atomic E-state index is 0.0590. The Morgan fingerprint density at radius 2 is 0.682 bits per heavy atom. The second-order valence-electron chi connectivity index (χ2n) is 19.4. The number of hydrogen-bond acceptors (Lipinski definition) is 15. The third-order valence-corrected chi connectivity index (χ3v) is 17.5. The van der Waals surface area contributed by atoms with Crippen LogP contribution >= 0.6 is 0 Å². The number of benzene rings is 5. The van der Waals surface area contributed by atoms with Gasteiger partial charge in [0.05, 0.1) is 15.9 Å². The topological polar surface area (TPSA) is 276 Å². The van der Waals surface area contributed by atoms with E-state index in [1.807, 2.05) is 125 Å². The second-order valence-corrected chi connectivity index (χ2v) is 25.8. The molecule has 0 amide bonds. The van der Waals surface area contributed by atoms with Gasteiger partial charge in [-0.3, -0.25) is 19.9 Å². The first kappa shape index (κ1) is 62.2. The van der Waals surface area contributed by atoms with E-state index in [1.54, 1.807) is 91.8 Å². The van der Waals surface area contributed by atoms with E-state index in [2.05, 4.69) is 52.5 Å². The minimum Gasteiger partial charge on any atom is -0.264 e. The number of pyridine rings is 7. The van der Waals surface area contributed by atoms with Gasteiger partial charge >= 0.3 is 0 Å². The molecule has 23 heteroatoms. The lowest BCUT2D eigenvalue weighted by Crippen LogP contribution is -2.01. The highest BCUT2D eigenvalue weighted by atomic mass is 32.2. The quantitative estimate of drug-likeness (QED) is 0.103. The molecular formula is C65H53N11O8S4. The van der Waals surface area contributed by atoms with Crippen LogP contribution in [-0.2, 0) is 40.1 Å². The highest BCUT2D eigenvalue weighted by Crippen LogP contribution is 2.22. The summed E-state index contributed by atoms with van der Waals surface area (Å²) in [5, 5.41) is 5.33. The summed E-state index contributed by atoms with van der Waals surface area (Å²) >= 11 is 0. The van der Waals surface area contributed by atoms with E-state index in [-0.39, 0.29) is 20.0 Å². The maximum atomic E-state index is 12.2. The van der Waals surface area contributed by atoms with Gasteiger partial charge in [-0.05, 0) is 104 Å². The Labute approximate surface area is 509 Å². The van der Waals surface area contributed by atoms with Gasteiger partial charge in [0.25, 0.3) is 40.1 Å². The molecule has 0 unspecified atom stereocenters. The van der Waals surface area contributed by atoms with Crippen LogP contribution in [0.4, 0.5) is 0 Å². The van der Waals surface area contributed by atoms with Crippen LogP contribution in [0.15, 0.2) is 263 Å². The lowest BCUT2D eigenvalue weighted by atomic mass is 10.1. The molecule has 19 nitrogen and oxygen atoms in total. The molecule has 0 aliphatic heterocycles. The summed E-state index contributed by atoms with van der Waals surface area (Å²) in [7, 11) is -15.1. The number of fused-ring (bicyclic) bond motifs is 4. The van der Waals surface area contributed by atoms with Crippen molar-refractivity contribution in [2.24, 2.45) is 17.6 Å². The van der Waals surface area contributed by atoms with Gasteiger partial charge in [0, 0.05) is 124 Å². The molecule has 0 saturated heterocycles. The molecule has 0 atom stereocenters. The fourth-order valence-electron chi connectivity index (χ4n) is 8.23. The van der Waals surface area contributed by atoms with Crippen molar-refractivity contribution in [2.75, 3.05) is 0 Å². The average molecular weight is 1240 g/mol. The molecule has 0 aliphatic rings. The first-order chi connectivity index (χ1) is 42.2. The molecule has 0 saturated carbocycles. The van der Waals surface area contributed by atoms with Crippen molar-refractivity contribution < 1.29 is 33.7 Å². The molecule has 0 spiro atoms. The number of aromatic nitrogens is 7. The number of sulfonamides is 4. The fourth-order valence-corrected chi connectivity index (χ4v) is 11.4. The molecule has 88 heavy (non-hydrogen) atoms. The zero-order valence-corrected chi connectivity index (χ0v) is 50.8. The van der Waals surface area contributed by atoms with Gasteiger partial charge in [-0.2, -0.15) is 51.3 Å². The van der Waals surface area contributed by atoms with Gasteiger partial charge in [-0.1, -0.05) is 127 Å². The Morgan fingerprint density at radius 3 is 1.17 bits per heavy atom. The van der Waals surface area contributed by atoms with E-state index < -0.39 is 40.1 Å². The van der Waals surface area contributed by atoms with Gasteiger partial charge < -0.3 is 0 Å². The molecule has 440 valence electrons. The van der Waals surface area contributed by atoms with E-state index in [1.165, 1.54) is 61.6 Å². The third kappa shape index (κ3) is 16.1. The van der Waals surface area contributed by atoms with Gasteiger partial charge in [0.1, 0.15) is 0 Å². The van der Waals surface area contributed by atoms with Crippen molar-refractivity contribution in [1.29, 1.82) is 0 Å². The number of hydrogen-bond donors (Lipinski definition) is 0. The van der Waals surface area contributed by atoms with Crippen LogP contribution in [0, 0.1) is 27.7 Å². The van der Waals surface area contributed by atoms with Crippen LogP contribution in [0.5, 0.6) is 0 Å². The van der Waals surface area contributed by atoms with Crippen molar-refractivity contribution in [3.63, 3.8) is 0 Å². The summed E-state index contributed by atoms with van der Waals surface area (Å²) < 4.78 is 112. The Bertz CT molecular complexity index is 4410. The number of nitrogens with zero attached hydrogens (tertiary/aromatic N) is 11. The first-order valence-corrected chi connectivity index (χ1v) is 32.4. The second kappa shape index (κ2) is 27.8. The lowest BCUT2D eigenvalue weighted by Gasteiger charge is -2.01. The Morgan fingerprint density at radius 1 is 0.295 bits per heavy atom. The van der Waals surface area contributed by atoms with Crippen molar-refractivity contribution in [3.8, 4) is 0 Å². The summed E-state index contributed by atoms with van der Waals surface area (Å²) in [6.45, 7) is 7.43. The van der Waals surface area contributed by atoms with E-state index >= 15 is 0 Å². The zero-order chi connectivity index (χ0) is 62.3. The van der Waals surface area contributed by atoms with Crippen LogP contribution in [-0.4, -0.2) is 93.4 Å². The minimum atomic E-state index is -3.81.